The number of anilines is 1. The van der Waals surface area contributed by atoms with E-state index in [0.29, 0.717) is 29.2 Å². The average molecular weight is 390 g/mol. The smallest absolute Gasteiger partial charge is 0.310 e. The molecule has 9 heteroatoms. The second-order valence-electron chi connectivity index (χ2n) is 6.59. The van der Waals surface area contributed by atoms with Crippen molar-refractivity contribution in [1.29, 1.82) is 0 Å². The lowest BCUT2D eigenvalue weighted by atomic mass is 9.79. The molecule has 2 bridgehead atoms. The van der Waals surface area contributed by atoms with Gasteiger partial charge in [-0.05, 0) is 36.4 Å². The molecular weight excluding hydrogens is 372 g/mol. The van der Waals surface area contributed by atoms with Crippen LogP contribution in [0.15, 0.2) is 34.3 Å². The number of fused-ring (bicyclic) bond motifs is 2. The largest absolute Gasteiger partial charge is 0.481 e. The Labute approximate surface area is 158 Å². The lowest BCUT2D eigenvalue weighted by Crippen LogP contribution is -2.41. The minimum absolute atomic E-state index is 0.233. The maximum atomic E-state index is 12.7. The molecule has 27 heavy (non-hydrogen) atoms. The topological polar surface area (TPSA) is 118 Å². The summed E-state index contributed by atoms with van der Waals surface area (Å²) < 4.78 is 10.8. The summed E-state index contributed by atoms with van der Waals surface area (Å²) in [5.41, 5.74) is 0.329. The number of carboxylic acid groups (broad SMARTS) is 1. The number of rotatable bonds is 6. The van der Waals surface area contributed by atoms with E-state index in [2.05, 4.69) is 10.6 Å². The predicted octanol–water partition coefficient (Wildman–Crippen LogP) is 2.09. The number of carbonyl (C=O) groups excluding carboxylic acids is 2. The van der Waals surface area contributed by atoms with E-state index in [-0.39, 0.29) is 18.6 Å². The maximum Gasteiger partial charge on any atom is 0.310 e. The highest BCUT2D eigenvalue weighted by Gasteiger charge is 2.55. The van der Waals surface area contributed by atoms with Crippen LogP contribution in [0.5, 0.6) is 0 Å². The predicted molar refractivity (Wildman–Crippen MR) is 95.3 cm³/mol. The third-order valence-electron chi connectivity index (χ3n) is 5.01. The molecule has 2 aliphatic rings. The number of hydrogen-bond acceptors (Lipinski definition) is 6. The maximum absolute atomic E-state index is 12.7. The van der Waals surface area contributed by atoms with E-state index in [9.17, 15) is 19.5 Å². The van der Waals surface area contributed by atoms with Gasteiger partial charge in [-0.3, -0.25) is 14.4 Å². The molecule has 2 aromatic rings. The van der Waals surface area contributed by atoms with Crippen molar-refractivity contribution >= 4 is 34.1 Å². The van der Waals surface area contributed by atoms with Crippen LogP contribution in [-0.4, -0.2) is 35.1 Å². The highest BCUT2D eigenvalue weighted by Crippen LogP contribution is 2.44. The normalized spacial score (nSPS) is 26.1. The lowest BCUT2D eigenvalue weighted by Gasteiger charge is -2.23. The fourth-order valence-electron chi connectivity index (χ4n) is 3.78. The van der Waals surface area contributed by atoms with Gasteiger partial charge in [-0.2, -0.15) is 0 Å². The van der Waals surface area contributed by atoms with Gasteiger partial charge in [-0.1, -0.05) is 0 Å². The lowest BCUT2D eigenvalue weighted by molar-refractivity contribution is -0.147. The van der Waals surface area contributed by atoms with E-state index in [1.165, 1.54) is 17.6 Å². The van der Waals surface area contributed by atoms with E-state index in [4.69, 9.17) is 9.15 Å². The summed E-state index contributed by atoms with van der Waals surface area (Å²) >= 11 is 1.21. The fourth-order valence-corrected chi connectivity index (χ4v) is 4.57. The molecule has 142 valence electrons. The molecule has 4 heterocycles. The summed E-state index contributed by atoms with van der Waals surface area (Å²) in [4.78, 5) is 36.7. The number of hydrogen-bond donors (Lipinski definition) is 3. The van der Waals surface area contributed by atoms with Gasteiger partial charge in [-0.15, -0.1) is 11.3 Å². The average Bonchev–Trinajstić information content (AvgIpc) is 3.42. The van der Waals surface area contributed by atoms with E-state index < -0.39 is 29.8 Å². The number of ether oxygens (including phenoxy) is 1. The van der Waals surface area contributed by atoms with Crippen LogP contribution in [0.3, 0.4) is 0 Å². The monoisotopic (exact) mass is 390 g/mol. The molecule has 0 radical (unpaired) electrons. The molecule has 2 saturated heterocycles. The summed E-state index contributed by atoms with van der Waals surface area (Å²) in [5, 5.41) is 17.0. The van der Waals surface area contributed by atoms with Gasteiger partial charge in [0.2, 0.25) is 5.91 Å². The second-order valence-corrected chi connectivity index (χ2v) is 7.51. The van der Waals surface area contributed by atoms with Gasteiger partial charge in [0.25, 0.3) is 5.91 Å². The van der Waals surface area contributed by atoms with Gasteiger partial charge in [0.15, 0.2) is 0 Å². The molecule has 2 amide bonds. The Hall–Kier alpha value is -2.65. The SMILES string of the molecule is O=C(NCc1ccco1)c1ccsc1NC(=O)[C@@H]1[C@@H](C(=O)O)[C@H]2CC[C@H]1O2. The molecule has 0 saturated carbocycles. The van der Waals surface area contributed by atoms with E-state index >= 15 is 0 Å². The van der Waals surface area contributed by atoms with Crippen molar-refractivity contribution in [2.24, 2.45) is 11.8 Å². The van der Waals surface area contributed by atoms with Crippen LogP contribution in [0.25, 0.3) is 0 Å². The molecule has 0 unspecified atom stereocenters. The number of furan rings is 1. The minimum atomic E-state index is -1.02. The summed E-state index contributed by atoms with van der Waals surface area (Å²) in [6, 6.07) is 5.09. The van der Waals surface area contributed by atoms with E-state index in [0.717, 1.165) is 0 Å². The Balaban J connectivity index is 1.44. The zero-order chi connectivity index (χ0) is 19.0. The van der Waals surface area contributed by atoms with Crippen LogP contribution in [0.1, 0.15) is 29.0 Å². The van der Waals surface area contributed by atoms with Gasteiger partial charge in [0.1, 0.15) is 10.8 Å². The molecule has 4 atom stereocenters. The standard InChI is InChI=1S/C18H18N2O6S/c21-15(19-8-9-2-1-6-25-9)10-5-7-27-17(10)20-16(22)13-11-3-4-12(26-11)14(13)18(23)24/h1-2,5-7,11-14H,3-4,8H2,(H,19,21)(H,20,22)(H,23,24)/t11-,12-,13+,14+/m1/s1. The van der Waals surface area contributed by atoms with Crippen molar-refractivity contribution in [2.75, 3.05) is 5.32 Å². The van der Waals surface area contributed by atoms with Crippen molar-refractivity contribution < 1.29 is 28.6 Å². The number of carbonyl (C=O) groups is 3. The van der Waals surface area contributed by atoms with Crippen molar-refractivity contribution in [1.82, 2.24) is 5.32 Å². The molecule has 0 aliphatic carbocycles. The number of amides is 2. The fraction of sp³-hybridized carbons (Fsp3) is 0.389. The summed E-state index contributed by atoms with van der Waals surface area (Å²) in [6.45, 7) is 0.233. The Morgan fingerprint density at radius 1 is 1.19 bits per heavy atom. The van der Waals surface area contributed by atoms with Gasteiger partial charge >= 0.3 is 5.97 Å². The Bertz CT molecular complexity index is 861. The van der Waals surface area contributed by atoms with Gasteiger partial charge < -0.3 is 24.9 Å². The number of thiophene rings is 1. The summed E-state index contributed by atoms with van der Waals surface area (Å²) in [6.07, 6.45) is 2.06. The first-order chi connectivity index (χ1) is 13.0. The van der Waals surface area contributed by atoms with Crippen molar-refractivity contribution in [3.05, 3.63) is 41.2 Å². The van der Waals surface area contributed by atoms with Crippen molar-refractivity contribution in [3.8, 4) is 0 Å². The third-order valence-corrected chi connectivity index (χ3v) is 5.84. The Morgan fingerprint density at radius 3 is 2.67 bits per heavy atom. The molecule has 8 nitrogen and oxygen atoms in total. The quantitative estimate of drug-likeness (QED) is 0.695. The van der Waals surface area contributed by atoms with Gasteiger partial charge in [-0.25, -0.2) is 0 Å². The Kier molecular flexibility index (Phi) is 4.71. The molecule has 2 aliphatic heterocycles. The van der Waals surface area contributed by atoms with E-state index in [1.54, 1.807) is 23.6 Å². The third kappa shape index (κ3) is 3.35. The van der Waals surface area contributed by atoms with Crippen LogP contribution in [0.4, 0.5) is 5.00 Å². The molecule has 3 N–H and O–H groups in total. The van der Waals surface area contributed by atoms with Crippen molar-refractivity contribution in [3.63, 3.8) is 0 Å². The van der Waals surface area contributed by atoms with Crippen LogP contribution in [0.2, 0.25) is 0 Å². The first-order valence-electron chi connectivity index (χ1n) is 8.62. The molecule has 0 spiro atoms. The molecule has 2 fully saturated rings. The van der Waals surface area contributed by atoms with Crippen LogP contribution in [0, 0.1) is 11.8 Å². The van der Waals surface area contributed by atoms with Crippen LogP contribution >= 0.6 is 11.3 Å². The highest BCUT2D eigenvalue weighted by atomic mass is 32.1. The zero-order valence-corrected chi connectivity index (χ0v) is 15.0. The van der Waals surface area contributed by atoms with Crippen molar-refractivity contribution in [2.45, 2.75) is 31.6 Å². The van der Waals surface area contributed by atoms with Gasteiger partial charge in [0, 0.05) is 0 Å². The first-order valence-corrected chi connectivity index (χ1v) is 9.49. The van der Waals surface area contributed by atoms with Gasteiger partial charge in [0.05, 0.1) is 42.4 Å². The molecular formula is C18H18N2O6S. The molecule has 2 aromatic heterocycles. The van der Waals surface area contributed by atoms with Crippen LogP contribution in [-0.2, 0) is 20.9 Å². The number of nitrogens with one attached hydrogen (secondary N) is 2. The first kappa shape index (κ1) is 17.7. The summed E-state index contributed by atoms with van der Waals surface area (Å²) in [5.74, 6) is -2.76. The minimum Gasteiger partial charge on any atom is -0.481 e. The highest BCUT2D eigenvalue weighted by molar-refractivity contribution is 7.14. The second kappa shape index (κ2) is 7.16. The number of carboxylic acids is 1. The molecule has 4 rings (SSSR count). The molecule has 0 aromatic carbocycles. The van der Waals surface area contributed by atoms with E-state index in [1.807, 2.05) is 0 Å². The zero-order valence-electron chi connectivity index (χ0n) is 14.2. The summed E-state index contributed by atoms with van der Waals surface area (Å²) in [7, 11) is 0. The Morgan fingerprint density at radius 2 is 1.96 bits per heavy atom. The van der Waals surface area contributed by atoms with Crippen LogP contribution < -0.4 is 10.6 Å². The number of aliphatic carboxylic acids is 1.